The minimum absolute atomic E-state index is 0.373. The van der Waals surface area contributed by atoms with Gasteiger partial charge >= 0.3 is 12.1 Å². The van der Waals surface area contributed by atoms with Crippen LogP contribution in [0.1, 0.15) is 17.5 Å². The van der Waals surface area contributed by atoms with Gasteiger partial charge < -0.3 is 9.64 Å². The van der Waals surface area contributed by atoms with Crippen molar-refractivity contribution in [3.05, 3.63) is 41.0 Å². The molecule has 0 unspecified atom stereocenters. The molecule has 1 aliphatic heterocycles. The third kappa shape index (κ3) is 3.44. The van der Waals surface area contributed by atoms with Gasteiger partial charge in [0, 0.05) is 13.1 Å². The van der Waals surface area contributed by atoms with Crippen LogP contribution in [-0.4, -0.2) is 38.1 Å². The van der Waals surface area contributed by atoms with E-state index in [2.05, 4.69) is 0 Å². The van der Waals surface area contributed by atoms with Crippen LogP contribution in [-0.2, 0) is 15.7 Å². The fourth-order valence-corrected chi connectivity index (χ4v) is 2.41. The van der Waals surface area contributed by atoms with Crippen molar-refractivity contribution in [2.45, 2.75) is 12.6 Å². The van der Waals surface area contributed by atoms with Crippen LogP contribution in [0.2, 0.25) is 0 Å². The first kappa shape index (κ1) is 15.6. The molecule has 0 N–H and O–H groups in total. The van der Waals surface area contributed by atoms with Crippen molar-refractivity contribution in [2.75, 3.05) is 27.2 Å². The van der Waals surface area contributed by atoms with E-state index in [1.165, 1.54) is 13.2 Å². The van der Waals surface area contributed by atoms with Crippen molar-refractivity contribution in [2.24, 2.45) is 0 Å². The smallest absolute Gasteiger partial charge is 0.416 e. The van der Waals surface area contributed by atoms with Gasteiger partial charge in [0.2, 0.25) is 0 Å². The Balaban J connectivity index is 2.49. The van der Waals surface area contributed by atoms with Gasteiger partial charge in [0.25, 0.3) is 0 Å². The van der Waals surface area contributed by atoms with Crippen molar-refractivity contribution >= 4 is 11.5 Å². The van der Waals surface area contributed by atoms with E-state index in [1.54, 1.807) is 6.07 Å². The number of rotatable bonds is 2. The second-order valence-electron chi connectivity index (χ2n) is 5.02. The minimum atomic E-state index is -4.40. The number of methoxy groups -OCH3 is 1. The molecule has 1 aromatic carbocycles. The van der Waals surface area contributed by atoms with Gasteiger partial charge in [0.05, 0.1) is 18.2 Å². The van der Waals surface area contributed by atoms with Crippen molar-refractivity contribution in [1.82, 2.24) is 4.90 Å². The molecular weight excluding hydrogens is 283 g/mol. The average Bonchev–Trinajstić information content (AvgIpc) is 2.45. The number of ether oxygens (including phenoxy) is 1. The third-order valence-corrected chi connectivity index (χ3v) is 3.51. The van der Waals surface area contributed by atoms with E-state index in [4.69, 9.17) is 4.74 Å². The molecule has 114 valence electrons. The number of alkyl halides is 3. The van der Waals surface area contributed by atoms with Gasteiger partial charge in [-0.15, -0.1) is 0 Å². The number of likely N-dealkylation sites (N-methyl/N-ethyl adjacent to an activating group) is 1. The maximum Gasteiger partial charge on any atom is 0.416 e. The normalized spacial score (nSPS) is 17.0. The van der Waals surface area contributed by atoms with Crippen molar-refractivity contribution < 1.29 is 22.7 Å². The van der Waals surface area contributed by atoms with Gasteiger partial charge in [0.1, 0.15) is 0 Å². The van der Waals surface area contributed by atoms with Gasteiger partial charge in [0.15, 0.2) is 0 Å². The van der Waals surface area contributed by atoms with Crippen LogP contribution in [0.5, 0.6) is 0 Å². The zero-order chi connectivity index (χ0) is 15.6. The van der Waals surface area contributed by atoms with E-state index in [0.717, 1.165) is 12.1 Å². The molecule has 1 aliphatic rings. The zero-order valence-electron chi connectivity index (χ0n) is 11.8. The maximum absolute atomic E-state index is 12.8. The first-order chi connectivity index (χ1) is 9.82. The SMILES string of the molecule is COC(=O)C1=C(c2cccc(C(F)(F)F)c2)CCN(C)C1. The molecule has 0 bridgehead atoms. The van der Waals surface area contributed by atoms with Crippen LogP contribution in [0.25, 0.3) is 5.57 Å². The van der Waals surface area contributed by atoms with Crippen molar-refractivity contribution in [1.29, 1.82) is 0 Å². The number of hydrogen-bond acceptors (Lipinski definition) is 3. The van der Waals surface area contributed by atoms with Crippen molar-refractivity contribution in [3.63, 3.8) is 0 Å². The Morgan fingerprint density at radius 3 is 2.67 bits per heavy atom. The lowest BCUT2D eigenvalue weighted by atomic mass is 9.92. The Labute approximate surface area is 121 Å². The Bertz CT molecular complexity index is 579. The second-order valence-corrected chi connectivity index (χ2v) is 5.02. The zero-order valence-corrected chi connectivity index (χ0v) is 11.8. The molecule has 1 heterocycles. The molecule has 0 atom stereocenters. The summed E-state index contributed by atoms with van der Waals surface area (Å²) >= 11 is 0. The summed E-state index contributed by atoms with van der Waals surface area (Å²) in [5.74, 6) is -0.492. The molecular formula is C15H16F3NO2. The second kappa shape index (κ2) is 5.89. The summed E-state index contributed by atoms with van der Waals surface area (Å²) in [6, 6.07) is 5.07. The molecule has 0 aliphatic carbocycles. The fraction of sp³-hybridized carbons (Fsp3) is 0.400. The highest BCUT2D eigenvalue weighted by Crippen LogP contribution is 2.33. The third-order valence-electron chi connectivity index (χ3n) is 3.51. The van der Waals surface area contributed by atoms with Crippen LogP contribution in [0.4, 0.5) is 13.2 Å². The minimum Gasteiger partial charge on any atom is -0.466 e. The molecule has 21 heavy (non-hydrogen) atoms. The Kier molecular flexibility index (Phi) is 4.37. The molecule has 2 rings (SSSR count). The van der Waals surface area contributed by atoms with Crippen LogP contribution in [0.3, 0.4) is 0 Å². The number of esters is 1. The molecule has 6 heteroatoms. The van der Waals surface area contributed by atoms with E-state index in [9.17, 15) is 18.0 Å². The molecule has 0 aromatic heterocycles. The van der Waals surface area contributed by atoms with Gasteiger partial charge in [-0.25, -0.2) is 4.79 Å². The lowest BCUT2D eigenvalue weighted by Crippen LogP contribution is -2.31. The van der Waals surface area contributed by atoms with E-state index in [1.807, 2.05) is 11.9 Å². The van der Waals surface area contributed by atoms with Crippen molar-refractivity contribution in [3.8, 4) is 0 Å². The summed E-state index contributed by atoms with van der Waals surface area (Å²) in [5.41, 5.74) is 0.769. The van der Waals surface area contributed by atoms with Gasteiger partial charge in [-0.1, -0.05) is 12.1 Å². The summed E-state index contributed by atoms with van der Waals surface area (Å²) < 4.78 is 43.2. The Hall–Kier alpha value is -1.82. The number of halogens is 3. The summed E-state index contributed by atoms with van der Waals surface area (Å²) in [7, 11) is 3.12. The highest BCUT2D eigenvalue weighted by molar-refractivity contribution is 5.98. The first-order valence-electron chi connectivity index (χ1n) is 6.49. The summed E-state index contributed by atoms with van der Waals surface area (Å²) in [6.45, 7) is 1.06. The largest absolute Gasteiger partial charge is 0.466 e. The topological polar surface area (TPSA) is 29.5 Å². The lowest BCUT2D eigenvalue weighted by molar-refractivity contribution is -0.137. The highest BCUT2D eigenvalue weighted by Gasteiger charge is 2.31. The molecule has 0 radical (unpaired) electrons. The predicted octanol–water partition coefficient (Wildman–Crippen LogP) is 2.97. The van der Waals surface area contributed by atoms with Crippen LogP contribution in [0.15, 0.2) is 29.8 Å². The van der Waals surface area contributed by atoms with Gasteiger partial charge in [-0.05, 0) is 36.7 Å². The molecule has 1 aromatic rings. The predicted molar refractivity (Wildman–Crippen MR) is 72.5 cm³/mol. The molecule has 0 fully saturated rings. The van der Waals surface area contributed by atoms with Gasteiger partial charge in [-0.2, -0.15) is 13.2 Å². The van der Waals surface area contributed by atoms with E-state index in [-0.39, 0.29) is 0 Å². The quantitative estimate of drug-likeness (QED) is 0.786. The summed E-state index contributed by atoms with van der Waals surface area (Å²) in [5, 5.41) is 0. The highest BCUT2D eigenvalue weighted by atomic mass is 19.4. The molecule has 0 saturated carbocycles. The fourth-order valence-electron chi connectivity index (χ4n) is 2.41. The van der Waals surface area contributed by atoms with Crippen LogP contribution >= 0.6 is 0 Å². The molecule has 0 saturated heterocycles. The number of hydrogen-bond donors (Lipinski definition) is 0. The van der Waals surface area contributed by atoms with Crippen LogP contribution < -0.4 is 0 Å². The standard InChI is InChI=1S/C15H16F3NO2/c1-19-7-6-12(13(9-19)14(20)21-2)10-4-3-5-11(8-10)15(16,17)18/h3-5,8H,6-7,9H2,1-2H3. The number of carbonyl (C=O) groups is 1. The first-order valence-corrected chi connectivity index (χ1v) is 6.49. The monoisotopic (exact) mass is 299 g/mol. The number of carbonyl (C=O) groups excluding carboxylic acids is 1. The Morgan fingerprint density at radius 2 is 2.05 bits per heavy atom. The number of benzene rings is 1. The molecule has 0 spiro atoms. The van der Waals surface area contributed by atoms with Gasteiger partial charge in [-0.3, -0.25) is 0 Å². The van der Waals surface area contributed by atoms with Crippen LogP contribution in [0, 0.1) is 0 Å². The molecule has 0 amide bonds. The van der Waals surface area contributed by atoms with E-state index >= 15 is 0 Å². The summed E-state index contributed by atoms with van der Waals surface area (Å²) in [4.78, 5) is 13.8. The Morgan fingerprint density at radius 1 is 1.33 bits per heavy atom. The lowest BCUT2D eigenvalue weighted by Gasteiger charge is -2.27. The number of nitrogens with zero attached hydrogens (tertiary/aromatic N) is 1. The average molecular weight is 299 g/mol. The maximum atomic E-state index is 12.8. The summed E-state index contributed by atoms with van der Waals surface area (Å²) in [6.07, 6.45) is -3.88. The molecule has 3 nitrogen and oxygen atoms in total. The van der Waals surface area contributed by atoms with E-state index < -0.39 is 17.7 Å². The van der Waals surface area contributed by atoms with E-state index in [0.29, 0.717) is 36.2 Å².